The van der Waals surface area contributed by atoms with Crippen molar-refractivity contribution in [3.05, 3.63) is 0 Å². The highest BCUT2D eigenvalue weighted by Gasteiger charge is 2.62. The fraction of sp³-hybridized carbons (Fsp3) is 1.00. The van der Waals surface area contributed by atoms with Crippen molar-refractivity contribution in [3.63, 3.8) is 0 Å². The summed E-state index contributed by atoms with van der Waals surface area (Å²) in [5.74, 6) is 5.70. The monoisotopic (exact) mass is 543 g/mol. The smallest absolute Gasteiger partial charge is 0.0698 e. The van der Waals surface area contributed by atoms with Crippen LogP contribution in [0.15, 0.2) is 0 Å². The van der Waals surface area contributed by atoms with Gasteiger partial charge in [0, 0.05) is 0 Å². The van der Waals surface area contributed by atoms with Gasteiger partial charge in [-0.15, -0.1) is 0 Å². The van der Waals surface area contributed by atoms with Gasteiger partial charge in [-0.2, -0.15) is 0 Å². The van der Waals surface area contributed by atoms with Crippen molar-refractivity contribution in [3.8, 4) is 0 Å². The van der Waals surface area contributed by atoms with Crippen LogP contribution >= 0.6 is 0 Å². The molecule has 0 spiro atoms. The van der Waals surface area contributed by atoms with Gasteiger partial charge in [-0.1, -0.05) is 62.3 Å². The highest BCUT2D eigenvalue weighted by Crippen LogP contribution is 2.69. The number of rotatable bonds is 4. The van der Waals surface area contributed by atoms with E-state index in [-0.39, 0.29) is 5.41 Å². The topological polar surface area (TPSA) is 40.5 Å². The molecule has 5 rings (SSSR count). The molecule has 0 saturated heterocycles. The Hall–Kier alpha value is -0.0800. The molecule has 0 heterocycles. The Morgan fingerprint density at radius 2 is 1.36 bits per heavy atom. The minimum atomic E-state index is -0.489. The lowest BCUT2D eigenvalue weighted by Gasteiger charge is -2.63. The Morgan fingerprint density at radius 1 is 0.718 bits per heavy atom. The van der Waals surface area contributed by atoms with Gasteiger partial charge in [0.25, 0.3) is 0 Å². The van der Waals surface area contributed by atoms with Crippen LogP contribution in [0, 0.1) is 63.1 Å². The van der Waals surface area contributed by atoms with E-state index in [1.807, 2.05) is 0 Å². The van der Waals surface area contributed by atoms with E-state index in [1.54, 1.807) is 0 Å². The van der Waals surface area contributed by atoms with Gasteiger partial charge < -0.3 is 10.2 Å². The number of aliphatic hydroxyl groups is 2. The van der Waals surface area contributed by atoms with Crippen LogP contribution in [-0.2, 0) is 0 Å². The lowest BCUT2D eigenvalue weighted by Crippen LogP contribution is -2.58. The quantitative estimate of drug-likeness (QED) is 0.371. The van der Waals surface area contributed by atoms with Crippen molar-refractivity contribution in [1.29, 1.82) is 0 Å². The molecule has 0 aromatic carbocycles. The Balaban J connectivity index is 1.22. The summed E-state index contributed by atoms with van der Waals surface area (Å²) in [5.41, 5.74) is 0.386. The maximum atomic E-state index is 11.6. The van der Waals surface area contributed by atoms with E-state index >= 15 is 0 Å². The molecule has 2 nitrogen and oxygen atoms in total. The third kappa shape index (κ3) is 5.21. The van der Waals surface area contributed by atoms with Crippen LogP contribution in [0.4, 0.5) is 0 Å². The first-order valence-electron chi connectivity index (χ1n) is 17.4. The summed E-state index contributed by atoms with van der Waals surface area (Å²) in [6, 6.07) is 0. The molecule has 0 aromatic rings. The van der Waals surface area contributed by atoms with E-state index in [0.29, 0.717) is 22.2 Å². The molecule has 0 bridgehead atoms. The molecule has 5 saturated carbocycles. The van der Waals surface area contributed by atoms with Gasteiger partial charge in [0.1, 0.15) is 0 Å². The van der Waals surface area contributed by atoms with E-state index < -0.39 is 11.2 Å². The normalized spacial score (nSPS) is 49.6. The van der Waals surface area contributed by atoms with Crippen LogP contribution in [0.5, 0.6) is 0 Å². The Bertz CT molecular complexity index is 871. The zero-order valence-corrected chi connectivity index (χ0v) is 27.5. The van der Waals surface area contributed by atoms with E-state index in [0.717, 1.165) is 67.6 Å². The highest BCUT2D eigenvalue weighted by atomic mass is 16.3. The molecule has 226 valence electrons. The molecule has 9 atom stereocenters. The minimum Gasteiger partial charge on any atom is -0.390 e. The fourth-order valence-electron chi connectivity index (χ4n) is 11.9. The summed E-state index contributed by atoms with van der Waals surface area (Å²) in [5, 5.41) is 23.1. The molecule has 2 heteroatoms. The second-order valence-electron chi connectivity index (χ2n) is 18.8. The van der Waals surface area contributed by atoms with Gasteiger partial charge in [0.15, 0.2) is 0 Å². The molecule has 0 radical (unpaired) electrons. The van der Waals surface area contributed by atoms with Crippen LogP contribution in [-0.4, -0.2) is 21.4 Å². The summed E-state index contributed by atoms with van der Waals surface area (Å²) in [4.78, 5) is 0. The number of fused-ring (bicyclic) bond motifs is 5. The van der Waals surface area contributed by atoms with Crippen LogP contribution in [0.1, 0.15) is 159 Å². The highest BCUT2D eigenvalue weighted by molar-refractivity contribution is 5.12. The van der Waals surface area contributed by atoms with Crippen molar-refractivity contribution in [2.24, 2.45) is 63.1 Å². The lowest BCUT2D eigenvalue weighted by molar-refractivity contribution is -0.179. The van der Waals surface area contributed by atoms with Crippen molar-refractivity contribution in [1.82, 2.24) is 0 Å². The maximum absolute atomic E-state index is 11.6. The zero-order chi connectivity index (χ0) is 28.6. The fourth-order valence-corrected chi connectivity index (χ4v) is 11.9. The largest absolute Gasteiger partial charge is 0.390 e. The number of hydrogen-bond acceptors (Lipinski definition) is 2. The first-order valence-corrected chi connectivity index (χ1v) is 17.4. The maximum Gasteiger partial charge on any atom is 0.0698 e. The van der Waals surface area contributed by atoms with Crippen LogP contribution in [0.2, 0.25) is 0 Å². The molecule has 0 aromatic heterocycles. The van der Waals surface area contributed by atoms with Gasteiger partial charge in [-0.05, 0) is 159 Å². The van der Waals surface area contributed by atoms with Crippen LogP contribution in [0.25, 0.3) is 0 Å². The predicted octanol–water partition coefficient (Wildman–Crippen LogP) is 9.81. The van der Waals surface area contributed by atoms with Crippen molar-refractivity contribution in [2.45, 2.75) is 170 Å². The Labute approximate surface area is 242 Å². The molecule has 5 fully saturated rings. The SMILES string of the molecule is C[C@H](CCC1(O)CCC(C(C)(C)C)CC1)[C@H]1CC[C@H]2[C@@H]3CC[C@H]4C[C@](O)(C(C)(C)C)CC[C@]4(C)[C@H]3CC[C@]12C. The second-order valence-corrected chi connectivity index (χ2v) is 18.8. The van der Waals surface area contributed by atoms with E-state index in [1.165, 1.54) is 64.2 Å². The summed E-state index contributed by atoms with van der Waals surface area (Å²) in [6.45, 7) is 21.8. The minimum absolute atomic E-state index is 0.0236. The first-order chi connectivity index (χ1) is 17.9. The predicted molar refractivity (Wildman–Crippen MR) is 164 cm³/mol. The second kappa shape index (κ2) is 9.99. The molecule has 5 aliphatic rings. The van der Waals surface area contributed by atoms with E-state index in [4.69, 9.17) is 0 Å². The average Bonchev–Trinajstić information content (AvgIpc) is 3.19. The summed E-state index contributed by atoms with van der Waals surface area (Å²) < 4.78 is 0. The summed E-state index contributed by atoms with van der Waals surface area (Å²) >= 11 is 0. The Kier molecular flexibility index (Phi) is 7.78. The molecule has 0 unspecified atom stereocenters. The molecule has 5 aliphatic carbocycles. The molecule has 0 amide bonds. The van der Waals surface area contributed by atoms with Crippen LogP contribution in [0.3, 0.4) is 0 Å². The van der Waals surface area contributed by atoms with Crippen molar-refractivity contribution >= 4 is 0 Å². The third-order valence-corrected chi connectivity index (χ3v) is 15.1. The zero-order valence-electron chi connectivity index (χ0n) is 27.5. The third-order valence-electron chi connectivity index (χ3n) is 15.1. The van der Waals surface area contributed by atoms with Gasteiger partial charge in [0.2, 0.25) is 0 Å². The molecule has 2 N–H and O–H groups in total. The van der Waals surface area contributed by atoms with Gasteiger partial charge in [0.05, 0.1) is 11.2 Å². The molecular weight excluding hydrogens is 476 g/mol. The average molecular weight is 543 g/mol. The van der Waals surface area contributed by atoms with Gasteiger partial charge >= 0.3 is 0 Å². The van der Waals surface area contributed by atoms with Gasteiger partial charge in [-0.25, -0.2) is 0 Å². The molecule has 39 heavy (non-hydrogen) atoms. The number of hydrogen-bond donors (Lipinski definition) is 2. The van der Waals surface area contributed by atoms with Crippen LogP contribution < -0.4 is 0 Å². The lowest BCUT2D eigenvalue weighted by atomic mass is 9.42. The van der Waals surface area contributed by atoms with Crippen molar-refractivity contribution in [2.75, 3.05) is 0 Å². The standard InChI is InChI=1S/C37H66O2/c1-25(14-19-36(38)20-15-26(16-21-36)32(2,3)4)29-12-13-30-28-11-10-27-24-37(39,33(5,6)7)23-22-34(27,8)31(28)17-18-35(29,30)9/h25-31,38-39H,10-24H2,1-9H3/t25-,26?,27+,28+,29-,30+,31+,34+,35-,36?,37+/m1/s1. The summed E-state index contributed by atoms with van der Waals surface area (Å²) in [6.07, 6.45) is 18.3. The Morgan fingerprint density at radius 3 is 1.97 bits per heavy atom. The van der Waals surface area contributed by atoms with Crippen molar-refractivity contribution < 1.29 is 10.2 Å². The van der Waals surface area contributed by atoms with Gasteiger partial charge in [-0.3, -0.25) is 0 Å². The summed E-state index contributed by atoms with van der Waals surface area (Å²) in [7, 11) is 0. The van der Waals surface area contributed by atoms with E-state index in [9.17, 15) is 10.2 Å². The van der Waals surface area contributed by atoms with E-state index in [2.05, 4.69) is 62.3 Å². The first kappa shape index (κ1) is 30.4. The molecular formula is C37H66O2. The molecule has 0 aliphatic heterocycles.